The van der Waals surface area contributed by atoms with Crippen molar-refractivity contribution in [2.45, 2.75) is 27.3 Å². The van der Waals surface area contributed by atoms with E-state index >= 15 is 0 Å². The van der Waals surface area contributed by atoms with Crippen LogP contribution in [0.2, 0.25) is 0 Å². The third kappa shape index (κ3) is 3.54. The number of fused-ring (bicyclic) bond motifs is 1. The number of aromatic nitrogens is 4. The molecule has 0 saturated carbocycles. The Labute approximate surface area is 171 Å². The number of pyridine rings is 1. The number of rotatable bonds is 4. The van der Waals surface area contributed by atoms with E-state index in [-0.39, 0.29) is 18.0 Å². The highest BCUT2D eigenvalue weighted by molar-refractivity contribution is 7.13. The highest BCUT2D eigenvalue weighted by Crippen LogP contribution is 2.27. The van der Waals surface area contributed by atoms with Crippen molar-refractivity contribution in [3.8, 4) is 11.3 Å². The summed E-state index contributed by atoms with van der Waals surface area (Å²) in [5.41, 5.74) is 4.63. The first-order chi connectivity index (χ1) is 14.0. The zero-order valence-electron chi connectivity index (χ0n) is 16.3. The molecule has 0 aliphatic heterocycles. The van der Waals surface area contributed by atoms with Crippen molar-refractivity contribution in [1.82, 2.24) is 18.9 Å². The lowest BCUT2D eigenvalue weighted by Gasteiger charge is -2.12. The molecule has 0 aliphatic carbocycles. The third-order valence-corrected chi connectivity index (χ3v) is 5.73. The molecule has 0 unspecified atom stereocenters. The molecule has 29 heavy (non-hydrogen) atoms. The summed E-state index contributed by atoms with van der Waals surface area (Å²) >= 11 is 1.10. The topological polar surface area (TPSA) is 89.8 Å². The van der Waals surface area contributed by atoms with Gasteiger partial charge in [-0.25, -0.2) is 4.98 Å². The fraction of sp³-hybridized carbons (Fsp3) is 0.190. The van der Waals surface area contributed by atoms with Gasteiger partial charge in [0, 0.05) is 23.6 Å². The van der Waals surface area contributed by atoms with Crippen LogP contribution < -0.4 is 10.9 Å². The molecule has 4 aromatic rings. The van der Waals surface area contributed by atoms with Crippen molar-refractivity contribution >= 4 is 33.3 Å². The number of nitrogens with one attached hydrogen (secondary N) is 1. The SMILES string of the molecule is Cc1cccc(NC(=O)Cn2c(C)nc3c(-c4ccncc4)nsc3c2=O)c1C. The van der Waals surface area contributed by atoms with Crippen LogP contribution in [-0.2, 0) is 11.3 Å². The minimum absolute atomic E-state index is 0.108. The van der Waals surface area contributed by atoms with E-state index in [4.69, 9.17) is 0 Å². The molecule has 7 nitrogen and oxygen atoms in total. The number of aryl methyl sites for hydroxylation is 2. The third-order valence-electron chi connectivity index (χ3n) is 4.91. The number of nitrogens with zero attached hydrogens (tertiary/aromatic N) is 4. The van der Waals surface area contributed by atoms with Gasteiger partial charge in [-0.05, 0) is 61.6 Å². The molecule has 4 rings (SSSR count). The number of hydrogen-bond acceptors (Lipinski definition) is 6. The van der Waals surface area contributed by atoms with Crippen LogP contribution in [0, 0.1) is 20.8 Å². The Bertz CT molecular complexity index is 1280. The van der Waals surface area contributed by atoms with Gasteiger partial charge in [-0.3, -0.25) is 19.1 Å². The Morgan fingerprint density at radius 1 is 1.14 bits per heavy atom. The molecule has 1 N–H and O–H groups in total. The molecule has 3 aromatic heterocycles. The van der Waals surface area contributed by atoms with Gasteiger partial charge in [-0.1, -0.05) is 12.1 Å². The van der Waals surface area contributed by atoms with Crippen molar-refractivity contribution in [3.63, 3.8) is 0 Å². The van der Waals surface area contributed by atoms with Crippen LogP contribution in [0.1, 0.15) is 17.0 Å². The van der Waals surface area contributed by atoms with E-state index in [2.05, 4.69) is 19.7 Å². The molecular weight excluding hydrogens is 386 g/mol. The van der Waals surface area contributed by atoms with E-state index < -0.39 is 0 Å². The zero-order valence-corrected chi connectivity index (χ0v) is 17.1. The van der Waals surface area contributed by atoms with Crippen molar-refractivity contribution in [2.24, 2.45) is 0 Å². The Morgan fingerprint density at radius 3 is 2.66 bits per heavy atom. The smallest absolute Gasteiger partial charge is 0.273 e. The molecule has 1 aromatic carbocycles. The lowest BCUT2D eigenvalue weighted by Crippen LogP contribution is -2.30. The van der Waals surface area contributed by atoms with Crippen LogP contribution in [0.5, 0.6) is 0 Å². The fourth-order valence-electron chi connectivity index (χ4n) is 3.13. The van der Waals surface area contributed by atoms with E-state index in [1.54, 1.807) is 19.3 Å². The molecule has 146 valence electrons. The van der Waals surface area contributed by atoms with Gasteiger partial charge in [-0.2, -0.15) is 4.37 Å². The summed E-state index contributed by atoms with van der Waals surface area (Å²) in [6.07, 6.45) is 3.35. The largest absolute Gasteiger partial charge is 0.324 e. The van der Waals surface area contributed by atoms with Crippen molar-refractivity contribution in [3.05, 3.63) is 70.0 Å². The summed E-state index contributed by atoms with van der Waals surface area (Å²) in [5.74, 6) is 0.193. The van der Waals surface area contributed by atoms with Gasteiger partial charge >= 0.3 is 0 Å². The highest BCUT2D eigenvalue weighted by Gasteiger charge is 2.18. The van der Waals surface area contributed by atoms with Gasteiger partial charge in [0.05, 0.1) is 0 Å². The molecule has 8 heteroatoms. The summed E-state index contributed by atoms with van der Waals surface area (Å²) in [5, 5.41) is 2.89. The van der Waals surface area contributed by atoms with Crippen molar-refractivity contribution in [2.75, 3.05) is 5.32 Å². The minimum atomic E-state index is -0.274. The summed E-state index contributed by atoms with van der Waals surface area (Å²) in [6.45, 7) is 5.55. The Balaban J connectivity index is 1.67. The van der Waals surface area contributed by atoms with Crippen LogP contribution >= 0.6 is 11.5 Å². The molecule has 1 amide bonds. The summed E-state index contributed by atoms with van der Waals surface area (Å²) < 4.78 is 6.23. The lowest BCUT2D eigenvalue weighted by molar-refractivity contribution is -0.116. The first-order valence-electron chi connectivity index (χ1n) is 9.09. The number of benzene rings is 1. The van der Waals surface area contributed by atoms with Crippen LogP contribution in [0.25, 0.3) is 21.5 Å². The van der Waals surface area contributed by atoms with Gasteiger partial charge < -0.3 is 5.32 Å². The summed E-state index contributed by atoms with van der Waals surface area (Å²) in [4.78, 5) is 34.2. The van der Waals surface area contributed by atoms with E-state index in [1.165, 1.54) is 4.57 Å². The molecule has 0 aliphatic rings. The Morgan fingerprint density at radius 2 is 1.90 bits per heavy atom. The average molecular weight is 405 g/mol. The van der Waals surface area contributed by atoms with E-state index in [0.29, 0.717) is 21.7 Å². The molecule has 0 fully saturated rings. The predicted octanol–water partition coefficient (Wildman–Crippen LogP) is 3.48. The molecule has 0 bridgehead atoms. The van der Waals surface area contributed by atoms with Crippen LogP contribution in [0.4, 0.5) is 5.69 Å². The molecular formula is C21H19N5O2S. The number of carbonyl (C=O) groups excluding carboxylic acids is 1. The fourth-order valence-corrected chi connectivity index (χ4v) is 3.92. The second-order valence-electron chi connectivity index (χ2n) is 6.79. The first-order valence-corrected chi connectivity index (χ1v) is 9.86. The van der Waals surface area contributed by atoms with Gasteiger partial charge in [-0.15, -0.1) is 0 Å². The summed E-state index contributed by atoms with van der Waals surface area (Å²) in [7, 11) is 0. The molecule has 0 radical (unpaired) electrons. The monoisotopic (exact) mass is 405 g/mol. The maximum Gasteiger partial charge on any atom is 0.273 e. The molecule has 0 saturated heterocycles. The van der Waals surface area contributed by atoms with Crippen LogP contribution in [-0.4, -0.2) is 24.8 Å². The maximum absolute atomic E-state index is 13.0. The van der Waals surface area contributed by atoms with Gasteiger partial charge in [0.1, 0.15) is 28.3 Å². The summed E-state index contributed by atoms with van der Waals surface area (Å²) in [6, 6.07) is 9.38. The number of amides is 1. The minimum Gasteiger partial charge on any atom is -0.324 e. The number of carbonyl (C=O) groups is 1. The van der Waals surface area contributed by atoms with Crippen molar-refractivity contribution < 1.29 is 4.79 Å². The maximum atomic E-state index is 13.0. The second kappa shape index (κ2) is 7.56. The van der Waals surface area contributed by atoms with E-state index in [1.807, 2.05) is 44.2 Å². The second-order valence-corrected chi connectivity index (χ2v) is 7.56. The Kier molecular flexibility index (Phi) is 4.94. The number of hydrogen-bond donors (Lipinski definition) is 1. The van der Waals surface area contributed by atoms with Gasteiger partial charge in [0.15, 0.2) is 0 Å². The molecule has 0 atom stereocenters. The van der Waals surface area contributed by atoms with E-state index in [0.717, 1.165) is 33.9 Å². The van der Waals surface area contributed by atoms with Crippen LogP contribution in [0.15, 0.2) is 47.5 Å². The van der Waals surface area contributed by atoms with E-state index in [9.17, 15) is 9.59 Å². The van der Waals surface area contributed by atoms with Crippen LogP contribution in [0.3, 0.4) is 0 Å². The molecule has 0 spiro atoms. The molecule has 3 heterocycles. The first kappa shape index (κ1) is 18.9. The highest BCUT2D eigenvalue weighted by atomic mass is 32.1. The normalized spacial score (nSPS) is 11.0. The Hall–Kier alpha value is -3.39. The zero-order chi connectivity index (χ0) is 20.5. The number of anilines is 1. The average Bonchev–Trinajstić information content (AvgIpc) is 3.13. The van der Waals surface area contributed by atoms with Crippen molar-refractivity contribution in [1.29, 1.82) is 0 Å². The predicted molar refractivity (Wildman–Crippen MR) is 114 cm³/mol. The standard InChI is InChI=1S/C21H19N5O2S/c1-12-5-4-6-16(13(12)2)24-17(27)11-26-14(3)23-19-18(15-7-9-22-10-8-15)25-29-20(19)21(26)28/h4-10H,11H2,1-3H3,(H,24,27). The van der Waals surface area contributed by atoms with Gasteiger partial charge in [0.25, 0.3) is 5.56 Å². The van der Waals surface area contributed by atoms with Gasteiger partial charge in [0.2, 0.25) is 5.91 Å². The quantitative estimate of drug-likeness (QED) is 0.561. The lowest BCUT2D eigenvalue weighted by atomic mass is 10.1.